The number of thiophene rings is 1. The largest absolute Gasteiger partial charge is 0.348 e. The van der Waals surface area contributed by atoms with Crippen molar-refractivity contribution in [2.75, 3.05) is 19.6 Å². The molecule has 3 aromatic rings. The van der Waals surface area contributed by atoms with Crippen molar-refractivity contribution in [2.24, 2.45) is 5.92 Å². The van der Waals surface area contributed by atoms with Gasteiger partial charge in [0.25, 0.3) is 5.91 Å². The van der Waals surface area contributed by atoms with Crippen molar-refractivity contribution < 1.29 is 4.79 Å². The van der Waals surface area contributed by atoms with Crippen LogP contribution in [0.5, 0.6) is 0 Å². The molecule has 3 fully saturated rings. The molecule has 4 nitrogen and oxygen atoms in total. The van der Waals surface area contributed by atoms with Crippen LogP contribution in [0.1, 0.15) is 23.2 Å². The van der Waals surface area contributed by atoms with Crippen LogP contribution in [0.4, 0.5) is 0 Å². The van der Waals surface area contributed by atoms with E-state index in [1.807, 2.05) is 12.3 Å². The molecule has 6 rings (SSSR count). The fourth-order valence-electron chi connectivity index (χ4n) is 4.28. The Bertz CT molecular complexity index is 906. The lowest BCUT2D eigenvalue weighted by Crippen LogP contribution is -2.57. The number of carbonyl (C=O) groups is 1. The minimum Gasteiger partial charge on any atom is -0.348 e. The zero-order valence-electron chi connectivity index (χ0n) is 14.0. The van der Waals surface area contributed by atoms with Crippen molar-refractivity contribution in [3.63, 3.8) is 0 Å². The van der Waals surface area contributed by atoms with E-state index < -0.39 is 0 Å². The van der Waals surface area contributed by atoms with Crippen LogP contribution in [-0.2, 0) is 0 Å². The maximum Gasteiger partial charge on any atom is 0.253 e. The predicted octanol–water partition coefficient (Wildman–Crippen LogP) is 3.49. The first-order chi connectivity index (χ1) is 12.3. The van der Waals surface area contributed by atoms with Gasteiger partial charge in [-0.15, -0.1) is 0 Å². The first kappa shape index (κ1) is 15.2. The summed E-state index contributed by atoms with van der Waals surface area (Å²) in [6.45, 7) is 3.39. The number of pyridine rings is 1. The van der Waals surface area contributed by atoms with Gasteiger partial charge >= 0.3 is 0 Å². The lowest BCUT2D eigenvalue weighted by Gasteiger charge is -2.44. The van der Waals surface area contributed by atoms with Crippen LogP contribution in [0.3, 0.4) is 0 Å². The zero-order valence-corrected chi connectivity index (χ0v) is 14.8. The smallest absolute Gasteiger partial charge is 0.253 e. The molecule has 0 spiro atoms. The van der Waals surface area contributed by atoms with Crippen molar-refractivity contribution in [3.8, 4) is 11.3 Å². The Kier molecular flexibility index (Phi) is 3.64. The number of rotatable bonds is 3. The van der Waals surface area contributed by atoms with E-state index in [0.717, 1.165) is 23.3 Å². The van der Waals surface area contributed by atoms with Crippen LogP contribution in [0.15, 0.2) is 47.3 Å². The van der Waals surface area contributed by atoms with E-state index in [9.17, 15) is 4.79 Å². The molecule has 128 valence electrons. The molecular weight excluding hydrogens is 330 g/mol. The predicted molar refractivity (Wildman–Crippen MR) is 101 cm³/mol. The molecule has 0 aliphatic carbocycles. The van der Waals surface area contributed by atoms with Gasteiger partial charge < -0.3 is 14.6 Å². The Balaban J connectivity index is 1.43. The highest BCUT2D eigenvalue weighted by molar-refractivity contribution is 7.08. The fourth-order valence-corrected chi connectivity index (χ4v) is 4.93. The quantitative estimate of drug-likeness (QED) is 0.784. The number of amides is 1. The first-order valence-corrected chi connectivity index (χ1v) is 9.89. The van der Waals surface area contributed by atoms with Crippen LogP contribution >= 0.6 is 11.3 Å². The van der Waals surface area contributed by atoms with Gasteiger partial charge in [0, 0.05) is 35.2 Å². The van der Waals surface area contributed by atoms with Crippen molar-refractivity contribution in [1.29, 1.82) is 0 Å². The Hall–Kier alpha value is -2.11. The van der Waals surface area contributed by atoms with E-state index in [1.165, 1.54) is 31.5 Å². The Morgan fingerprint density at radius 2 is 2.08 bits per heavy atom. The minimum absolute atomic E-state index is 0.0544. The third kappa shape index (κ3) is 2.68. The van der Waals surface area contributed by atoms with Gasteiger partial charge in [-0.1, -0.05) is 6.07 Å². The molecular formula is C20H21N3OS. The number of nitrogens with one attached hydrogen (secondary N) is 1. The lowest BCUT2D eigenvalue weighted by molar-refractivity contribution is 0.0620. The second kappa shape index (κ2) is 6.00. The van der Waals surface area contributed by atoms with Gasteiger partial charge in [0.2, 0.25) is 0 Å². The van der Waals surface area contributed by atoms with Crippen molar-refractivity contribution in [2.45, 2.75) is 18.9 Å². The van der Waals surface area contributed by atoms with E-state index in [0.29, 0.717) is 12.0 Å². The maximum absolute atomic E-state index is 12.8. The summed E-state index contributed by atoms with van der Waals surface area (Å²) in [6, 6.07) is 10.6. The van der Waals surface area contributed by atoms with Crippen LogP contribution < -0.4 is 5.32 Å². The number of hydrogen-bond donors (Lipinski definition) is 1. The maximum atomic E-state index is 12.8. The van der Waals surface area contributed by atoms with Gasteiger partial charge in [0.05, 0.1) is 11.3 Å². The van der Waals surface area contributed by atoms with Gasteiger partial charge in [-0.25, -0.2) is 0 Å². The average molecular weight is 351 g/mol. The molecule has 0 aromatic carbocycles. The molecule has 25 heavy (non-hydrogen) atoms. The molecule has 6 heterocycles. The third-order valence-electron chi connectivity index (χ3n) is 5.68. The lowest BCUT2D eigenvalue weighted by atomic mass is 9.84. The van der Waals surface area contributed by atoms with Crippen LogP contribution in [0.25, 0.3) is 16.8 Å². The van der Waals surface area contributed by atoms with Crippen LogP contribution in [0, 0.1) is 5.92 Å². The highest BCUT2D eigenvalue weighted by atomic mass is 32.1. The number of aromatic nitrogens is 1. The summed E-state index contributed by atoms with van der Waals surface area (Å²) in [5.74, 6) is 0.700. The summed E-state index contributed by atoms with van der Waals surface area (Å²) >= 11 is 1.69. The SMILES string of the molecule is O=C(N[C@H]1CN2CCC1CC2)c1cc2cccc(-c3ccsc3)n2c1. The topological polar surface area (TPSA) is 36.8 Å². The molecule has 2 bridgehead atoms. The average Bonchev–Trinajstić information content (AvgIpc) is 3.32. The molecule has 1 amide bonds. The van der Waals surface area contributed by atoms with Crippen molar-refractivity contribution >= 4 is 22.8 Å². The van der Waals surface area contributed by atoms with E-state index in [1.54, 1.807) is 11.3 Å². The molecule has 3 aliphatic heterocycles. The Morgan fingerprint density at radius 3 is 2.80 bits per heavy atom. The van der Waals surface area contributed by atoms with Crippen molar-refractivity contribution in [3.05, 3.63) is 52.9 Å². The number of hydrogen-bond acceptors (Lipinski definition) is 3. The zero-order chi connectivity index (χ0) is 16.8. The Labute approximate surface area is 151 Å². The second-order valence-electron chi connectivity index (χ2n) is 7.16. The standard InChI is InChI=1S/C20H21N3OS/c24-20(21-18-12-22-7-4-14(18)5-8-22)16-10-17-2-1-3-19(23(17)11-16)15-6-9-25-13-15/h1-3,6,9-11,13-14,18H,4-5,7-8,12H2,(H,21,24)/t18-/m0/s1. The van der Waals surface area contributed by atoms with Gasteiger partial charge in [-0.2, -0.15) is 11.3 Å². The van der Waals surface area contributed by atoms with Gasteiger partial charge in [-0.05, 0) is 61.5 Å². The molecule has 3 aliphatic rings. The van der Waals surface area contributed by atoms with Gasteiger partial charge in [0.15, 0.2) is 0 Å². The number of fused-ring (bicyclic) bond motifs is 4. The third-order valence-corrected chi connectivity index (χ3v) is 6.37. The monoisotopic (exact) mass is 351 g/mol. The van der Waals surface area contributed by atoms with E-state index >= 15 is 0 Å². The van der Waals surface area contributed by atoms with E-state index in [-0.39, 0.29) is 5.91 Å². The van der Waals surface area contributed by atoms with E-state index in [4.69, 9.17) is 0 Å². The number of piperidine rings is 3. The summed E-state index contributed by atoms with van der Waals surface area (Å²) in [4.78, 5) is 15.3. The first-order valence-electron chi connectivity index (χ1n) is 8.95. The molecule has 0 saturated carbocycles. The Morgan fingerprint density at radius 1 is 1.20 bits per heavy atom. The van der Waals surface area contributed by atoms with Gasteiger partial charge in [-0.3, -0.25) is 4.79 Å². The number of nitrogens with zero attached hydrogens (tertiary/aromatic N) is 2. The minimum atomic E-state index is 0.0544. The summed E-state index contributed by atoms with van der Waals surface area (Å²) in [7, 11) is 0. The highest BCUT2D eigenvalue weighted by Gasteiger charge is 2.35. The second-order valence-corrected chi connectivity index (χ2v) is 7.94. The molecule has 3 aromatic heterocycles. The summed E-state index contributed by atoms with van der Waals surface area (Å²) in [5, 5.41) is 7.51. The fraction of sp³-hybridized carbons (Fsp3) is 0.350. The number of carbonyl (C=O) groups excluding carboxylic acids is 1. The van der Waals surface area contributed by atoms with Crippen molar-refractivity contribution in [1.82, 2.24) is 14.6 Å². The summed E-state index contributed by atoms with van der Waals surface area (Å²) in [5.41, 5.74) is 4.12. The molecule has 0 unspecified atom stereocenters. The van der Waals surface area contributed by atoms with Crippen LogP contribution in [-0.4, -0.2) is 40.9 Å². The summed E-state index contributed by atoms with van der Waals surface area (Å²) < 4.78 is 2.12. The van der Waals surface area contributed by atoms with Gasteiger partial charge in [0.1, 0.15) is 0 Å². The molecule has 1 atom stereocenters. The normalized spacial score (nSPS) is 25.4. The molecule has 3 saturated heterocycles. The van der Waals surface area contributed by atoms with Crippen LogP contribution in [0.2, 0.25) is 0 Å². The molecule has 0 radical (unpaired) electrons. The molecule has 5 heteroatoms. The summed E-state index contributed by atoms with van der Waals surface area (Å²) in [6.07, 6.45) is 4.40. The molecule has 1 N–H and O–H groups in total. The highest BCUT2D eigenvalue weighted by Crippen LogP contribution is 2.28. The van der Waals surface area contributed by atoms with E-state index in [2.05, 4.69) is 49.6 Å².